The summed E-state index contributed by atoms with van der Waals surface area (Å²) in [6.45, 7) is 3.08. The Bertz CT molecular complexity index is 1200. The summed E-state index contributed by atoms with van der Waals surface area (Å²) in [7, 11) is 1.65. The number of carbonyl (C=O) groups is 1. The second kappa shape index (κ2) is 8.85. The molecule has 3 aromatic rings. The third-order valence-electron chi connectivity index (χ3n) is 5.47. The van der Waals surface area contributed by atoms with Gasteiger partial charge in [0.2, 0.25) is 18.6 Å². The van der Waals surface area contributed by atoms with Gasteiger partial charge in [-0.2, -0.15) is 4.98 Å². The lowest BCUT2D eigenvalue weighted by Gasteiger charge is -2.19. The van der Waals surface area contributed by atoms with Gasteiger partial charge in [0.1, 0.15) is 17.9 Å². The van der Waals surface area contributed by atoms with Crippen LogP contribution < -0.4 is 23.8 Å². The van der Waals surface area contributed by atoms with Crippen molar-refractivity contribution in [1.82, 2.24) is 9.97 Å². The number of fused-ring (bicyclic) bond motifs is 2. The van der Waals surface area contributed by atoms with E-state index in [4.69, 9.17) is 23.7 Å². The fourth-order valence-electron chi connectivity index (χ4n) is 3.84. The van der Waals surface area contributed by atoms with Crippen molar-refractivity contribution in [1.29, 1.82) is 0 Å². The van der Waals surface area contributed by atoms with Crippen LogP contribution in [0.1, 0.15) is 28.4 Å². The second-order valence-corrected chi connectivity index (χ2v) is 7.48. The van der Waals surface area contributed by atoms with E-state index in [2.05, 4.69) is 9.97 Å². The molecule has 0 N–H and O–H groups in total. The average Bonchev–Trinajstić information content (AvgIpc) is 3.48. The maximum Gasteiger partial charge on any atom is 0.345 e. The van der Waals surface area contributed by atoms with Gasteiger partial charge in [-0.25, -0.2) is 9.78 Å². The topological polar surface area (TPSA) is 92.2 Å². The zero-order chi connectivity index (χ0) is 22.8. The molecule has 3 heterocycles. The molecule has 9 heteroatoms. The summed E-state index contributed by atoms with van der Waals surface area (Å²) in [4.78, 5) is 23.5. The molecule has 2 aromatic carbocycles. The van der Waals surface area contributed by atoms with Gasteiger partial charge in [0, 0.05) is 12.2 Å². The zero-order valence-electron chi connectivity index (χ0n) is 18.4. The molecule has 1 aromatic heterocycles. The normalized spacial score (nSPS) is 13.6. The summed E-state index contributed by atoms with van der Waals surface area (Å²) in [5.74, 6) is 2.25. The van der Waals surface area contributed by atoms with E-state index < -0.39 is 5.97 Å². The minimum atomic E-state index is -0.531. The van der Waals surface area contributed by atoms with E-state index in [1.165, 1.54) is 6.20 Å². The number of rotatable bonds is 7. The molecule has 2 aliphatic rings. The third kappa shape index (κ3) is 4.09. The van der Waals surface area contributed by atoms with Crippen molar-refractivity contribution in [2.24, 2.45) is 0 Å². The molecule has 0 fully saturated rings. The van der Waals surface area contributed by atoms with Gasteiger partial charge < -0.3 is 28.6 Å². The van der Waals surface area contributed by atoms with Gasteiger partial charge in [-0.1, -0.05) is 6.07 Å². The Labute approximate surface area is 190 Å². The molecule has 0 aliphatic carbocycles. The van der Waals surface area contributed by atoms with Crippen molar-refractivity contribution in [3.8, 4) is 23.1 Å². The van der Waals surface area contributed by atoms with Crippen LogP contribution in [0.5, 0.6) is 23.1 Å². The first kappa shape index (κ1) is 20.9. The van der Waals surface area contributed by atoms with Crippen LogP contribution in [0.25, 0.3) is 0 Å². The van der Waals surface area contributed by atoms with Crippen LogP contribution in [0.4, 0.5) is 11.6 Å². The number of aromatic nitrogens is 2. The molecule has 2 aliphatic heterocycles. The van der Waals surface area contributed by atoms with Crippen LogP contribution in [0.15, 0.2) is 42.6 Å². The summed E-state index contributed by atoms with van der Waals surface area (Å²) >= 11 is 0. The van der Waals surface area contributed by atoms with Gasteiger partial charge in [0.15, 0.2) is 11.5 Å². The monoisotopic (exact) mass is 449 g/mol. The van der Waals surface area contributed by atoms with Crippen LogP contribution in [0.3, 0.4) is 0 Å². The van der Waals surface area contributed by atoms with Gasteiger partial charge in [-0.05, 0) is 54.8 Å². The lowest BCUT2D eigenvalue weighted by Crippen LogP contribution is -2.18. The van der Waals surface area contributed by atoms with Crippen LogP contribution in [0, 0.1) is 0 Å². The first-order valence-electron chi connectivity index (χ1n) is 10.7. The second-order valence-electron chi connectivity index (χ2n) is 7.48. The van der Waals surface area contributed by atoms with Gasteiger partial charge in [-0.15, -0.1) is 0 Å². The number of nitrogens with zero attached hydrogens (tertiary/aromatic N) is 3. The number of methoxy groups -OCH3 is 1. The molecule has 0 atom stereocenters. The summed E-state index contributed by atoms with van der Waals surface area (Å²) in [6, 6.07) is 11.5. The largest absolute Gasteiger partial charge is 0.497 e. The van der Waals surface area contributed by atoms with E-state index in [0.29, 0.717) is 24.0 Å². The quantitative estimate of drug-likeness (QED) is 0.501. The van der Waals surface area contributed by atoms with E-state index in [9.17, 15) is 4.79 Å². The molecule has 170 valence electrons. The Kier molecular flexibility index (Phi) is 5.60. The van der Waals surface area contributed by atoms with E-state index >= 15 is 0 Å². The minimum Gasteiger partial charge on any atom is -0.497 e. The van der Waals surface area contributed by atoms with Gasteiger partial charge >= 0.3 is 5.97 Å². The lowest BCUT2D eigenvalue weighted by atomic mass is 10.1. The van der Waals surface area contributed by atoms with Crippen molar-refractivity contribution in [3.05, 3.63) is 59.3 Å². The first-order chi connectivity index (χ1) is 16.2. The lowest BCUT2D eigenvalue weighted by molar-refractivity contribution is 0.0519. The zero-order valence-corrected chi connectivity index (χ0v) is 18.4. The van der Waals surface area contributed by atoms with Gasteiger partial charge in [0.25, 0.3) is 0 Å². The first-order valence-corrected chi connectivity index (χ1v) is 10.7. The van der Waals surface area contributed by atoms with E-state index in [0.717, 1.165) is 29.0 Å². The number of hydrogen-bond donors (Lipinski definition) is 0. The Morgan fingerprint density at radius 3 is 2.88 bits per heavy atom. The fourth-order valence-corrected chi connectivity index (χ4v) is 3.84. The molecule has 9 nitrogen and oxygen atoms in total. The Balaban J connectivity index is 1.43. The molecule has 33 heavy (non-hydrogen) atoms. The molecule has 0 radical (unpaired) electrons. The van der Waals surface area contributed by atoms with Crippen LogP contribution in [0.2, 0.25) is 0 Å². The molecule has 5 rings (SSSR count). The molecule has 0 bridgehead atoms. The molecule has 0 unspecified atom stereocenters. The van der Waals surface area contributed by atoms with Crippen molar-refractivity contribution in [3.63, 3.8) is 0 Å². The SMILES string of the molecule is CCOC(=O)c1cnc(N2CCc3cc(OC)ccc32)nc1OCc1ccc2c(c1)OCO2. The summed E-state index contributed by atoms with van der Waals surface area (Å²) in [5.41, 5.74) is 3.18. The van der Waals surface area contributed by atoms with Crippen molar-refractivity contribution >= 4 is 17.6 Å². The number of esters is 1. The predicted molar refractivity (Wildman–Crippen MR) is 119 cm³/mol. The standard InChI is InChI=1S/C24H23N3O6/c1-3-30-23(28)18-12-25-24(27-9-8-16-11-17(29-2)5-6-19(16)27)26-22(18)31-13-15-4-7-20-21(10-15)33-14-32-20/h4-7,10-12H,3,8-9,13-14H2,1-2H3. The van der Waals surface area contributed by atoms with Crippen LogP contribution in [-0.4, -0.2) is 43.0 Å². The Morgan fingerprint density at radius 2 is 2.03 bits per heavy atom. The molecule has 0 amide bonds. The molecule has 0 saturated heterocycles. The maximum atomic E-state index is 12.5. The maximum absolute atomic E-state index is 12.5. The molecule has 0 spiro atoms. The Hall–Kier alpha value is -4.01. The number of anilines is 2. The third-order valence-corrected chi connectivity index (χ3v) is 5.47. The summed E-state index contributed by atoms with van der Waals surface area (Å²) in [5, 5.41) is 0. The smallest absolute Gasteiger partial charge is 0.345 e. The fraction of sp³-hybridized carbons (Fsp3) is 0.292. The summed E-state index contributed by atoms with van der Waals surface area (Å²) < 4.78 is 27.3. The molecular weight excluding hydrogens is 426 g/mol. The highest BCUT2D eigenvalue weighted by molar-refractivity contribution is 5.91. The van der Waals surface area contributed by atoms with Crippen LogP contribution >= 0.6 is 0 Å². The van der Waals surface area contributed by atoms with Crippen molar-refractivity contribution in [2.45, 2.75) is 20.0 Å². The molecular formula is C24H23N3O6. The van der Waals surface area contributed by atoms with Gasteiger partial charge in [0.05, 0.1) is 19.9 Å². The van der Waals surface area contributed by atoms with Crippen LogP contribution in [-0.2, 0) is 17.8 Å². The van der Waals surface area contributed by atoms with E-state index in [1.807, 2.05) is 41.3 Å². The van der Waals surface area contributed by atoms with Crippen molar-refractivity contribution < 1.29 is 28.5 Å². The highest BCUT2D eigenvalue weighted by atomic mass is 16.7. The number of benzene rings is 2. The van der Waals surface area contributed by atoms with Crippen molar-refractivity contribution in [2.75, 3.05) is 32.0 Å². The number of carbonyl (C=O) groups excluding carboxylic acids is 1. The predicted octanol–water partition coefficient (Wildman–Crippen LogP) is 3.66. The Morgan fingerprint density at radius 1 is 1.15 bits per heavy atom. The number of hydrogen-bond acceptors (Lipinski definition) is 9. The van der Waals surface area contributed by atoms with E-state index in [1.54, 1.807) is 14.0 Å². The highest BCUT2D eigenvalue weighted by Gasteiger charge is 2.26. The summed E-state index contributed by atoms with van der Waals surface area (Å²) in [6.07, 6.45) is 2.29. The average molecular weight is 449 g/mol. The van der Waals surface area contributed by atoms with E-state index in [-0.39, 0.29) is 31.5 Å². The minimum absolute atomic E-state index is 0.165. The highest BCUT2D eigenvalue weighted by Crippen LogP contribution is 2.36. The number of ether oxygens (including phenoxy) is 5. The van der Waals surface area contributed by atoms with Gasteiger partial charge in [-0.3, -0.25) is 0 Å². The molecule has 0 saturated carbocycles.